The fraction of sp³-hybridized carbons (Fsp3) is 0.438. The highest BCUT2D eigenvalue weighted by Gasteiger charge is 2.25. The molecular formula is C16H18Cl2N4OS2. The second-order valence-electron chi connectivity index (χ2n) is 5.87. The van der Waals surface area contributed by atoms with E-state index in [0.717, 1.165) is 42.4 Å². The molecule has 1 saturated heterocycles. The van der Waals surface area contributed by atoms with Gasteiger partial charge in [0.2, 0.25) is 11.0 Å². The average Bonchev–Trinajstić information content (AvgIpc) is 3.06. The van der Waals surface area contributed by atoms with Crippen molar-refractivity contribution in [1.82, 2.24) is 15.1 Å². The number of rotatable bonds is 5. The van der Waals surface area contributed by atoms with Crippen LogP contribution in [0.25, 0.3) is 0 Å². The van der Waals surface area contributed by atoms with Crippen molar-refractivity contribution < 1.29 is 4.79 Å². The van der Waals surface area contributed by atoms with Crippen molar-refractivity contribution in [3.05, 3.63) is 33.8 Å². The lowest BCUT2D eigenvalue weighted by atomic mass is 9.95. The predicted molar refractivity (Wildman–Crippen MR) is 105 cm³/mol. The molecule has 0 unspecified atom stereocenters. The Morgan fingerprint density at radius 3 is 2.72 bits per heavy atom. The van der Waals surface area contributed by atoms with Gasteiger partial charge in [-0.3, -0.25) is 9.69 Å². The smallest absolute Gasteiger partial charge is 0.229 e. The zero-order valence-corrected chi connectivity index (χ0v) is 16.8. The number of thioether (sulfide) groups is 1. The van der Waals surface area contributed by atoms with E-state index in [1.807, 2.05) is 24.5 Å². The van der Waals surface area contributed by atoms with Crippen LogP contribution in [0.4, 0.5) is 5.13 Å². The summed E-state index contributed by atoms with van der Waals surface area (Å²) in [4.78, 5) is 14.7. The van der Waals surface area contributed by atoms with Gasteiger partial charge >= 0.3 is 0 Å². The van der Waals surface area contributed by atoms with Crippen LogP contribution < -0.4 is 5.32 Å². The summed E-state index contributed by atoms with van der Waals surface area (Å²) in [5, 5.41) is 12.6. The highest BCUT2D eigenvalue weighted by molar-refractivity contribution is 8.00. The molecule has 0 radical (unpaired) electrons. The maximum Gasteiger partial charge on any atom is 0.229 e. The fourth-order valence-corrected chi connectivity index (χ4v) is 4.29. The van der Waals surface area contributed by atoms with Gasteiger partial charge in [-0.25, -0.2) is 0 Å². The number of nitrogens with one attached hydrogen (secondary N) is 1. The highest BCUT2D eigenvalue weighted by Crippen LogP contribution is 2.27. The number of carbonyl (C=O) groups is 1. The van der Waals surface area contributed by atoms with E-state index in [9.17, 15) is 4.79 Å². The van der Waals surface area contributed by atoms with Crippen molar-refractivity contribution in [3.8, 4) is 0 Å². The molecule has 1 aliphatic rings. The van der Waals surface area contributed by atoms with Gasteiger partial charge in [-0.1, -0.05) is 52.4 Å². The minimum Gasteiger partial charge on any atom is -0.300 e. The van der Waals surface area contributed by atoms with Gasteiger partial charge in [-0.2, -0.15) is 0 Å². The van der Waals surface area contributed by atoms with Gasteiger partial charge in [0.25, 0.3) is 0 Å². The average molecular weight is 417 g/mol. The molecule has 1 fully saturated rings. The first-order chi connectivity index (χ1) is 12.0. The van der Waals surface area contributed by atoms with Gasteiger partial charge in [0.15, 0.2) is 4.34 Å². The first-order valence-electron chi connectivity index (χ1n) is 7.90. The Balaban J connectivity index is 1.49. The Kier molecular flexibility index (Phi) is 6.57. The zero-order valence-electron chi connectivity index (χ0n) is 13.7. The normalized spacial score (nSPS) is 16.1. The first kappa shape index (κ1) is 18.9. The molecule has 1 amide bonds. The summed E-state index contributed by atoms with van der Waals surface area (Å²) in [5.74, 6) is 0.0599. The molecule has 0 bridgehead atoms. The number of likely N-dealkylation sites (tertiary alicyclic amines) is 1. The second-order valence-corrected chi connectivity index (χ2v) is 8.71. The summed E-state index contributed by atoms with van der Waals surface area (Å²) >= 11 is 15.0. The van der Waals surface area contributed by atoms with E-state index in [1.54, 1.807) is 0 Å². The lowest BCUT2D eigenvalue weighted by Gasteiger charge is -2.31. The Labute approximate surface area is 165 Å². The van der Waals surface area contributed by atoms with Crippen LogP contribution in [-0.2, 0) is 11.3 Å². The summed E-state index contributed by atoms with van der Waals surface area (Å²) in [6, 6.07) is 5.72. The minimum absolute atomic E-state index is 0.0201. The van der Waals surface area contributed by atoms with Gasteiger partial charge in [-0.05, 0) is 49.9 Å². The van der Waals surface area contributed by atoms with Gasteiger partial charge in [0.1, 0.15) is 0 Å². The Morgan fingerprint density at radius 1 is 1.32 bits per heavy atom. The third-order valence-electron chi connectivity index (χ3n) is 4.16. The van der Waals surface area contributed by atoms with Crippen LogP contribution in [0.5, 0.6) is 0 Å². The number of amides is 1. The van der Waals surface area contributed by atoms with Crippen molar-refractivity contribution in [3.63, 3.8) is 0 Å². The van der Waals surface area contributed by atoms with Crippen LogP contribution in [0.15, 0.2) is 22.5 Å². The van der Waals surface area contributed by atoms with E-state index in [-0.39, 0.29) is 11.8 Å². The van der Waals surface area contributed by atoms with Crippen LogP contribution in [-0.4, -0.2) is 40.3 Å². The van der Waals surface area contributed by atoms with Gasteiger partial charge in [-0.15, -0.1) is 10.2 Å². The number of hydrogen-bond donors (Lipinski definition) is 1. The zero-order chi connectivity index (χ0) is 17.8. The summed E-state index contributed by atoms with van der Waals surface area (Å²) in [6.45, 7) is 2.58. The molecule has 1 N–H and O–H groups in total. The topological polar surface area (TPSA) is 58.1 Å². The first-order valence-corrected chi connectivity index (χ1v) is 10.7. The summed E-state index contributed by atoms with van der Waals surface area (Å²) in [7, 11) is 0. The van der Waals surface area contributed by atoms with Gasteiger partial charge in [0, 0.05) is 12.5 Å². The number of hydrogen-bond acceptors (Lipinski definition) is 6. The molecule has 2 aromatic rings. The molecule has 0 atom stereocenters. The van der Waals surface area contributed by atoms with Gasteiger partial charge in [0.05, 0.1) is 10.0 Å². The lowest BCUT2D eigenvalue weighted by molar-refractivity contribution is -0.121. The highest BCUT2D eigenvalue weighted by atomic mass is 35.5. The molecule has 0 aliphatic carbocycles. The molecule has 2 heterocycles. The van der Waals surface area contributed by atoms with E-state index in [4.69, 9.17) is 23.2 Å². The molecule has 1 aliphatic heterocycles. The Hall–Kier alpha value is -0.860. The van der Waals surface area contributed by atoms with Gasteiger partial charge < -0.3 is 5.32 Å². The molecule has 0 spiro atoms. The molecule has 25 heavy (non-hydrogen) atoms. The number of benzene rings is 1. The van der Waals surface area contributed by atoms with E-state index in [0.29, 0.717) is 15.2 Å². The third-order valence-corrected chi connectivity index (χ3v) is 6.71. The number of carbonyl (C=O) groups excluding carboxylic acids is 1. The van der Waals surface area contributed by atoms with Crippen molar-refractivity contribution in [2.45, 2.75) is 23.7 Å². The minimum atomic E-state index is 0.0201. The van der Waals surface area contributed by atoms with E-state index in [2.05, 4.69) is 20.4 Å². The van der Waals surface area contributed by atoms with Crippen LogP contribution in [0.3, 0.4) is 0 Å². The number of aromatic nitrogens is 2. The van der Waals surface area contributed by atoms with Crippen molar-refractivity contribution in [2.75, 3.05) is 24.7 Å². The monoisotopic (exact) mass is 416 g/mol. The Morgan fingerprint density at radius 2 is 2.08 bits per heavy atom. The largest absolute Gasteiger partial charge is 0.300 e. The molecule has 1 aromatic heterocycles. The summed E-state index contributed by atoms with van der Waals surface area (Å²) < 4.78 is 0.853. The fourth-order valence-electron chi connectivity index (χ4n) is 2.80. The van der Waals surface area contributed by atoms with Crippen molar-refractivity contribution >= 4 is 57.3 Å². The van der Waals surface area contributed by atoms with E-state index in [1.165, 1.54) is 23.1 Å². The molecule has 134 valence electrons. The summed E-state index contributed by atoms with van der Waals surface area (Å²) in [6.07, 6.45) is 3.61. The molecule has 5 nitrogen and oxygen atoms in total. The third kappa shape index (κ3) is 5.08. The number of anilines is 1. The maximum atomic E-state index is 12.4. The molecule has 1 aromatic carbocycles. The number of piperidine rings is 1. The standard InChI is InChI=1S/C16H18Cl2N4OS2/c1-24-16-21-20-15(25-16)19-14(23)11-4-6-22(7-5-11)9-10-2-3-12(17)13(18)8-10/h2-3,8,11H,4-7,9H2,1H3,(H,19,20,23). The second kappa shape index (κ2) is 8.68. The maximum absolute atomic E-state index is 12.4. The summed E-state index contributed by atoms with van der Waals surface area (Å²) in [5.41, 5.74) is 1.13. The van der Waals surface area contributed by atoms with Crippen molar-refractivity contribution in [1.29, 1.82) is 0 Å². The van der Waals surface area contributed by atoms with Crippen LogP contribution in [0.2, 0.25) is 10.0 Å². The molecule has 9 heteroatoms. The molecular weight excluding hydrogens is 399 g/mol. The number of halogens is 2. The number of nitrogens with zero attached hydrogens (tertiary/aromatic N) is 3. The predicted octanol–water partition coefficient (Wildman–Crippen LogP) is 4.42. The quantitative estimate of drug-likeness (QED) is 0.577. The van der Waals surface area contributed by atoms with E-state index >= 15 is 0 Å². The molecule has 3 rings (SSSR count). The van der Waals surface area contributed by atoms with Crippen LogP contribution >= 0.6 is 46.3 Å². The van der Waals surface area contributed by atoms with Crippen LogP contribution in [0, 0.1) is 5.92 Å². The van der Waals surface area contributed by atoms with Crippen molar-refractivity contribution in [2.24, 2.45) is 5.92 Å². The van der Waals surface area contributed by atoms with Crippen LogP contribution in [0.1, 0.15) is 18.4 Å². The SMILES string of the molecule is CSc1nnc(NC(=O)C2CCN(Cc3ccc(Cl)c(Cl)c3)CC2)s1. The molecule has 0 saturated carbocycles. The Bertz CT molecular complexity index is 747. The lowest BCUT2D eigenvalue weighted by Crippen LogP contribution is -2.37. The van der Waals surface area contributed by atoms with E-state index < -0.39 is 0 Å².